The molecule has 0 saturated carbocycles. The number of methoxy groups -OCH3 is 2. The first kappa shape index (κ1) is 80.4. The molecule has 2 aliphatic rings. The number of aliphatic hydroxyl groups is 3. The normalized spacial score (nSPS) is 21.7. The number of benzene rings is 10. The zero-order valence-corrected chi connectivity index (χ0v) is 62.2. The van der Waals surface area contributed by atoms with Crippen molar-refractivity contribution in [2.75, 3.05) is 47.3 Å². The second-order valence-electron chi connectivity index (χ2n) is 26.3. The topological polar surface area (TPSA) is 189 Å². The molecule has 9 atom stereocenters. The zero-order valence-electron chi connectivity index (χ0n) is 60.6. The lowest BCUT2D eigenvalue weighted by Gasteiger charge is -2.56. The predicted molar refractivity (Wildman–Crippen MR) is 406 cm³/mol. The molecule has 3 N–H and O–H groups in total. The molecule has 0 amide bonds. The summed E-state index contributed by atoms with van der Waals surface area (Å²) in [6.07, 6.45) is -5.26. The SMILES string of the molecule is CCOc1ccc(Cc2cc([C@]3(OC)OC(CO)(CO)[C@@H](OCc4ccccc4)[C@H](OCc4ccccc4)[C@H]3OCc3ccccc3)ccc2Cl)cc1F.CCOc1ccc(Cc2cc([C@]3(OC)O[C@@](C=O)(CO)[C@@H](OCc4ccccc4)[C@H](OCc4ccccc4)[C@H]3OCc3ccccc3)ccc2Cl)cc1F. The number of aldehydes is 1. The summed E-state index contributed by atoms with van der Waals surface area (Å²) in [5.41, 5.74) is 5.05. The Labute approximate surface area is 639 Å². The molecule has 10 aromatic rings. The number of aliphatic hydroxyl groups excluding tert-OH is 3. The van der Waals surface area contributed by atoms with Crippen LogP contribution in [0.2, 0.25) is 10.0 Å². The van der Waals surface area contributed by atoms with Gasteiger partial charge in [-0.15, -0.1) is 0 Å². The van der Waals surface area contributed by atoms with Crippen LogP contribution in [0, 0.1) is 11.6 Å². The molecule has 0 radical (unpaired) electrons. The van der Waals surface area contributed by atoms with Gasteiger partial charge in [-0.25, -0.2) is 8.78 Å². The molecule has 12 rings (SSSR count). The first-order chi connectivity index (χ1) is 52.7. The number of hydrogen-bond donors (Lipinski definition) is 3. The lowest BCUT2D eigenvalue weighted by atomic mass is 9.80. The third-order valence-electron chi connectivity index (χ3n) is 19.2. The molecule has 2 heterocycles. The van der Waals surface area contributed by atoms with Gasteiger partial charge in [-0.1, -0.05) is 229 Å². The van der Waals surface area contributed by atoms with Crippen LogP contribution in [-0.4, -0.2) is 117 Å². The second kappa shape index (κ2) is 38.6. The summed E-state index contributed by atoms with van der Waals surface area (Å²) in [5.74, 6) is -4.27. The predicted octanol–water partition coefficient (Wildman–Crippen LogP) is 15.8. The summed E-state index contributed by atoms with van der Waals surface area (Å²) in [5, 5.41) is 34.3. The van der Waals surface area contributed by atoms with Crippen LogP contribution in [0.1, 0.15) is 80.6 Å². The highest BCUT2D eigenvalue weighted by Crippen LogP contribution is 2.50. The van der Waals surface area contributed by atoms with Crippen molar-refractivity contribution in [2.45, 2.75) is 126 Å². The van der Waals surface area contributed by atoms with E-state index in [1.165, 1.54) is 26.4 Å². The summed E-state index contributed by atoms with van der Waals surface area (Å²) in [6.45, 7) is 2.99. The molecule has 108 heavy (non-hydrogen) atoms. The molecule has 566 valence electrons. The van der Waals surface area contributed by atoms with Crippen LogP contribution in [0.3, 0.4) is 0 Å². The van der Waals surface area contributed by atoms with Crippen molar-refractivity contribution in [2.24, 2.45) is 0 Å². The minimum atomic E-state index is -1.98. The van der Waals surface area contributed by atoms with Crippen LogP contribution in [0.5, 0.6) is 11.5 Å². The zero-order chi connectivity index (χ0) is 75.9. The van der Waals surface area contributed by atoms with Gasteiger partial charge in [0.1, 0.15) is 42.2 Å². The van der Waals surface area contributed by atoms with Crippen molar-refractivity contribution < 1.29 is 85.7 Å². The van der Waals surface area contributed by atoms with Crippen molar-refractivity contribution in [3.05, 3.63) is 343 Å². The fourth-order valence-electron chi connectivity index (χ4n) is 13.6. The van der Waals surface area contributed by atoms with E-state index in [0.29, 0.717) is 62.9 Å². The Kier molecular flexibility index (Phi) is 28.8. The fraction of sp³-hybridized carbons (Fsp3) is 0.307. The quantitative estimate of drug-likeness (QED) is 0.0323. The summed E-state index contributed by atoms with van der Waals surface area (Å²) in [7, 11) is 2.93. The molecule has 16 nitrogen and oxygen atoms in total. The summed E-state index contributed by atoms with van der Waals surface area (Å²) in [4.78, 5) is 13.4. The highest BCUT2D eigenvalue weighted by Gasteiger charge is 2.66. The van der Waals surface area contributed by atoms with E-state index in [-0.39, 0.29) is 64.0 Å². The van der Waals surface area contributed by atoms with Gasteiger partial charge in [0, 0.05) is 35.4 Å². The Morgan fingerprint density at radius 1 is 0.389 bits per heavy atom. The van der Waals surface area contributed by atoms with E-state index in [1.54, 1.807) is 68.4 Å². The maximum absolute atomic E-state index is 14.9. The van der Waals surface area contributed by atoms with Crippen LogP contribution in [0.25, 0.3) is 0 Å². The Bertz CT molecular complexity index is 4420. The molecule has 0 aliphatic carbocycles. The number of hydrogen-bond acceptors (Lipinski definition) is 16. The fourth-order valence-corrected chi connectivity index (χ4v) is 14.0. The van der Waals surface area contributed by atoms with Gasteiger partial charge in [0.25, 0.3) is 0 Å². The van der Waals surface area contributed by atoms with E-state index in [9.17, 15) is 28.9 Å². The van der Waals surface area contributed by atoms with Crippen molar-refractivity contribution in [1.82, 2.24) is 0 Å². The number of carbonyl (C=O) groups is 1. The summed E-state index contributed by atoms with van der Waals surface area (Å²) >= 11 is 13.6. The smallest absolute Gasteiger partial charge is 0.225 e. The van der Waals surface area contributed by atoms with Crippen molar-refractivity contribution in [1.29, 1.82) is 0 Å². The van der Waals surface area contributed by atoms with Crippen molar-refractivity contribution in [3.63, 3.8) is 0 Å². The molecule has 0 aromatic heterocycles. The number of halogens is 4. The molecular formula is C88H90Cl2F2O16. The third kappa shape index (κ3) is 19.1. The van der Waals surface area contributed by atoms with Gasteiger partial charge in [-0.2, -0.15) is 0 Å². The van der Waals surface area contributed by atoms with Gasteiger partial charge in [0.2, 0.25) is 11.6 Å². The summed E-state index contributed by atoms with van der Waals surface area (Å²) < 4.78 is 107. The largest absolute Gasteiger partial charge is 0.491 e. The van der Waals surface area contributed by atoms with Crippen LogP contribution < -0.4 is 9.47 Å². The van der Waals surface area contributed by atoms with Crippen LogP contribution in [-0.2, 0) is 116 Å². The molecule has 20 heteroatoms. The molecule has 10 aromatic carbocycles. The maximum atomic E-state index is 14.9. The van der Waals surface area contributed by atoms with Gasteiger partial charge < -0.3 is 72.2 Å². The maximum Gasteiger partial charge on any atom is 0.225 e. The van der Waals surface area contributed by atoms with Gasteiger partial charge in [0.05, 0.1) is 72.7 Å². The molecule has 0 bridgehead atoms. The Morgan fingerprint density at radius 3 is 1.03 bits per heavy atom. The highest BCUT2D eigenvalue weighted by molar-refractivity contribution is 6.31. The van der Waals surface area contributed by atoms with Crippen molar-refractivity contribution in [3.8, 4) is 11.5 Å². The molecule has 0 spiro atoms. The Balaban J connectivity index is 0.000000215. The van der Waals surface area contributed by atoms with E-state index in [1.807, 2.05) is 188 Å². The third-order valence-corrected chi connectivity index (χ3v) is 19.9. The lowest BCUT2D eigenvalue weighted by Crippen LogP contribution is -2.72. The standard InChI is InChI=1S/C44H46ClFO8.C44H44ClFO8/c2*1-3-50-39-22-19-34(24-38(39)46)23-35-25-36(20-21-37(35)45)44(49-2)42(53-28-33-17-11-6-12-18-33)40(51-26-31-13-7-4-8-14-31)41(43(29-47,30-48)54-44)52-27-32-15-9-5-10-16-32/h4-22,24-25,40-42,47-48H,3,23,26-30H2,1-2H3;4-22,24-25,29,40-42,48H,3,23,26-28,30H2,1-2H3/t40-,41-,42+,44-;40-,41-,42+,43-,44-/m00/s1. The second-order valence-corrected chi connectivity index (χ2v) is 27.1. The van der Waals surface area contributed by atoms with Gasteiger partial charge in [-0.3, -0.25) is 4.79 Å². The number of carbonyl (C=O) groups excluding carboxylic acids is 1. The minimum absolute atomic E-state index is 0.0881. The van der Waals surface area contributed by atoms with E-state index < -0.39 is 90.9 Å². The minimum Gasteiger partial charge on any atom is -0.491 e. The lowest BCUT2D eigenvalue weighted by molar-refractivity contribution is -0.417. The van der Waals surface area contributed by atoms with Gasteiger partial charge in [-0.05, 0) is 131 Å². The molecule has 2 saturated heterocycles. The van der Waals surface area contributed by atoms with E-state index >= 15 is 0 Å². The Hall–Kier alpha value is -8.61. The van der Waals surface area contributed by atoms with E-state index in [4.69, 9.17) is 80.0 Å². The average Bonchev–Trinajstić information content (AvgIpc) is 0.724. The number of ether oxygens (including phenoxy) is 12. The monoisotopic (exact) mass is 1510 g/mol. The molecule has 2 fully saturated rings. The van der Waals surface area contributed by atoms with E-state index in [0.717, 1.165) is 33.4 Å². The van der Waals surface area contributed by atoms with Crippen LogP contribution >= 0.6 is 23.2 Å². The Morgan fingerprint density at radius 2 is 0.713 bits per heavy atom. The van der Waals surface area contributed by atoms with Crippen LogP contribution in [0.15, 0.2) is 255 Å². The average molecular weight is 1510 g/mol. The highest BCUT2D eigenvalue weighted by atomic mass is 35.5. The molecule has 0 unspecified atom stereocenters. The van der Waals surface area contributed by atoms with Gasteiger partial charge >= 0.3 is 0 Å². The molecule has 2 aliphatic heterocycles. The first-order valence-electron chi connectivity index (χ1n) is 35.8. The van der Waals surface area contributed by atoms with E-state index in [2.05, 4.69) is 0 Å². The first-order valence-corrected chi connectivity index (χ1v) is 36.6. The van der Waals surface area contributed by atoms with Crippen molar-refractivity contribution >= 4 is 29.5 Å². The number of rotatable bonds is 34. The molecular weight excluding hydrogens is 1420 g/mol. The summed E-state index contributed by atoms with van der Waals surface area (Å²) in [6, 6.07) is 77.6. The van der Waals surface area contributed by atoms with Gasteiger partial charge in [0.15, 0.2) is 35.0 Å². The van der Waals surface area contributed by atoms with Crippen LogP contribution in [0.4, 0.5) is 8.78 Å².